The third-order valence-corrected chi connectivity index (χ3v) is 3.56. The number of nitrogens with zero attached hydrogens (tertiary/aromatic N) is 3. The lowest BCUT2D eigenvalue weighted by molar-refractivity contribution is -0.138. The van der Waals surface area contributed by atoms with Crippen molar-refractivity contribution in [2.45, 2.75) is 6.10 Å². The Morgan fingerprint density at radius 2 is 2.45 bits per heavy atom. The number of hydrogen-bond donors (Lipinski definition) is 1. The van der Waals surface area contributed by atoms with Crippen LogP contribution >= 0.6 is 15.9 Å². The van der Waals surface area contributed by atoms with Gasteiger partial charge in [0.1, 0.15) is 5.82 Å². The number of ether oxygens (including phenoxy) is 1. The van der Waals surface area contributed by atoms with Crippen LogP contribution in [-0.4, -0.2) is 66.9 Å². The molecule has 6 nitrogen and oxygen atoms in total. The molecule has 0 saturated carbocycles. The maximum absolute atomic E-state index is 10.7. The Balaban J connectivity index is 1.91. The fraction of sp³-hybridized carbons (Fsp3) is 0.538. The van der Waals surface area contributed by atoms with E-state index in [0.717, 1.165) is 23.4 Å². The van der Waals surface area contributed by atoms with Crippen molar-refractivity contribution in [1.82, 2.24) is 9.88 Å². The molecule has 0 amide bonds. The van der Waals surface area contributed by atoms with E-state index >= 15 is 0 Å². The topological polar surface area (TPSA) is 65.9 Å². The van der Waals surface area contributed by atoms with Crippen LogP contribution in [0.1, 0.15) is 0 Å². The molecule has 2 heterocycles. The van der Waals surface area contributed by atoms with E-state index in [9.17, 15) is 4.79 Å². The molecule has 0 aromatic carbocycles. The molecule has 7 heteroatoms. The summed E-state index contributed by atoms with van der Waals surface area (Å²) in [7, 11) is 1.79. The number of carbonyl (C=O) groups is 1. The maximum Gasteiger partial charge on any atom is 0.317 e. The summed E-state index contributed by atoms with van der Waals surface area (Å²) in [6.07, 6.45) is 1.77. The van der Waals surface area contributed by atoms with Gasteiger partial charge in [0.2, 0.25) is 0 Å². The Labute approximate surface area is 126 Å². The van der Waals surface area contributed by atoms with E-state index < -0.39 is 5.97 Å². The second-order valence-electron chi connectivity index (χ2n) is 4.86. The maximum atomic E-state index is 10.7. The van der Waals surface area contributed by atoms with Gasteiger partial charge in [-0.05, 0) is 35.1 Å². The average Bonchev–Trinajstić information content (AvgIpc) is 2.38. The van der Waals surface area contributed by atoms with Gasteiger partial charge in [-0.2, -0.15) is 0 Å². The molecule has 1 aromatic rings. The first-order valence-corrected chi connectivity index (χ1v) is 7.22. The van der Waals surface area contributed by atoms with Crippen LogP contribution in [0.4, 0.5) is 5.82 Å². The summed E-state index contributed by atoms with van der Waals surface area (Å²) < 4.78 is 6.64. The van der Waals surface area contributed by atoms with Crippen LogP contribution < -0.4 is 4.90 Å². The van der Waals surface area contributed by atoms with Gasteiger partial charge in [0.25, 0.3) is 0 Å². The normalized spacial score (nSPS) is 19.4. The number of hydrogen-bond acceptors (Lipinski definition) is 5. The molecule has 110 valence electrons. The van der Waals surface area contributed by atoms with Crippen molar-refractivity contribution in [3.8, 4) is 0 Å². The molecule has 0 spiro atoms. The minimum atomic E-state index is -0.824. The van der Waals surface area contributed by atoms with Gasteiger partial charge < -0.3 is 14.7 Å². The highest BCUT2D eigenvalue weighted by molar-refractivity contribution is 9.10. The molecule has 0 radical (unpaired) electrons. The van der Waals surface area contributed by atoms with E-state index in [4.69, 9.17) is 9.84 Å². The Hall–Kier alpha value is -1.18. The minimum absolute atomic E-state index is 0.00135. The van der Waals surface area contributed by atoms with E-state index in [0.29, 0.717) is 13.2 Å². The summed E-state index contributed by atoms with van der Waals surface area (Å²) in [5.74, 6) is 0.0946. The predicted molar refractivity (Wildman–Crippen MR) is 79.0 cm³/mol. The van der Waals surface area contributed by atoms with Gasteiger partial charge in [-0.1, -0.05) is 0 Å². The molecule has 1 aromatic heterocycles. The molecule has 0 bridgehead atoms. The zero-order valence-corrected chi connectivity index (χ0v) is 12.9. The molecule has 0 aliphatic carbocycles. The van der Waals surface area contributed by atoms with Gasteiger partial charge in [-0.3, -0.25) is 9.69 Å². The average molecular weight is 344 g/mol. The number of carboxylic acids is 1. The lowest BCUT2D eigenvalue weighted by atomic mass is 10.2. The SMILES string of the molecule is CN(CC(=O)O)CC1CN(c2ccc(Br)cn2)CCO1. The standard InChI is InChI=1S/C13H18BrN3O3/c1-16(9-13(18)19)7-11-8-17(4-5-20-11)12-3-2-10(14)6-15-12/h2-3,6,11H,4-5,7-9H2,1H3,(H,18,19). The number of aromatic nitrogens is 1. The second-order valence-corrected chi connectivity index (χ2v) is 5.78. The van der Waals surface area contributed by atoms with Crippen LogP contribution in [-0.2, 0) is 9.53 Å². The lowest BCUT2D eigenvalue weighted by Gasteiger charge is -2.35. The highest BCUT2D eigenvalue weighted by Crippen LogP contribution is 2.17. The molecule has 1 fully saturated rings. The number of carboxylic acid groups (broad SMARTS) is 1. The number of pyridine rings is 1. The lowest BCUT2D eigenvalue weighted by Crippen LogP contribution is -2.48. The van der Waals surface area contributed by atoms with Crippen LogP contribution in [0.3, 0.4) is 0 Å². The molecular formula is C13H18BrN3O3. The van der Waals surface area contributed by atoms with E-state index in [2.05, 4.69) is 25.8 Å². The van der Waals surface area contributed by atoms with Gasteiger partial charge >= 0.3 is 5.97 Å². The van der Waals surface area contributed by atoms with E-state index in [-0.39, 0.29) is 12.6 Å². The number of rotatable bonds is 5. The molecular weight excluding hydrogens is 326 g/mol. The Morgan fingerprint density at radius 3 is 3.10 bits per heavy atom. The first-order valence-electron chi connectivity index (χ1n) is 6.43. The second kappa shape index (κ2) is 7.01. The van der Waals surface area contributed by atoms with Crippen molar-refractivity contribution in [3.63, 3.8) is 0 Å². The van der Waals surface area contributed by atoms with Crippen molar-refractivity contribution in [2.24, 2.45) is 0 Å². The van der Waals surface area contributed by atoms with E-state index in [1.807, 2.05) is 12.1 Å². The molecule has 20 heavy (non-hydrogen) atoms. The van der Waals surface area contributed by atoms with Crippen LogP contribution in [0.5, 0.6) is 0 Å². The summed E-state index contributed by atoms with van der Waals surface area (Å²) in [5.41, 5.74) is 0. The Kier molecular flexibility index (Phi) is 5.33. The van der Waals surface area contributed by atoms with Gasteiger partial charge in [0, 0.05) is 30.3 Å². The Bertz CT molecular complexity index is 455. The van der Waals surface area contributed by atoms with Crippen molar-refractivity contribution in [1.29, 1.82) is 0 Å². The smallest absolute Gasteiger partial charge is 0.317 e. The molecule has 1 N–H and O–H groups in total. The highest BCUT2D eigenvalue weighted by atomic mass is 79.9. The van der Waals surface area contributed by atoms with E-state index in [1.54, 1.807) is 18.1 Å². The first kappa shape index (κ1) is 15.2. The van der Waals surface area contributed by atoms with Crippen molar-refractivity contribution >= 4 is 27.7 Å². The number of likely N-dealkylation sites (N-methyl/N-ethyl adjacent to an activating group) is 1. The quantitative estimate of drug-likeness (QED) is 0.862. The van der Waals surface area contributed by atoms with Crippen LogP contribution in [0.2, 0.25) is 0 Å². The molecule has 1 unspecified atom stereocenters. The van der Waals surface area contributed by atoms with E-state index in [1.165, 1.54) is 0 Å². The zero-order valence-electron chi connectivity index (χ0n) is 11.3. The van der Waals surface area contributed by atoms with Gasteiger partial charge in [0.15, 0.2) is 0 Å². The monoisotopic (exact) mass is 343 g/mol. The summed E-state index contributed by atoms with van der Waals surface area (Å²) >= 11 is 3.37. The predicted octanol–water partition coefficient (Wildman–Crippen LogP) is 1.07. The summed E-state index contributed by atoms with van der Waals surface area (Å²) in [5, 5.41) is 8.76. The molecule has 1 atom stereocenters. The van der Waals surface area contributed by atoms with Gasteiger partial charge in [-0.15, -0.1) is 0 Å². The molecule has 2 rings (SSSR count). The Morgan fingerprint density at radius 1 is 1.65 bits per heavy atom. The van der Waals surface area contributed by atoms with Crippen LogP contribution in [0.15, 0.2) is 22.8 Å². The van der Waals surface area contributed by atoms with Crippen molar-refractivity contribution < 1.29 is 14.6 Å². The van der Waals surface area contributed by atoms with Gasteiger partial charge in [0.05, 0.1) is 19.3 Å². The fourth-order valence-corrected chi connectivity index (χ4v) is 2.47. The number of anilines is 1. The first-order chi connectivity index (χ1) is 9.54. The third kappa shape index (κ3) is 4.43. The van der Waals surface area contributed by atoms with Gasteiger partial charge in [-0.25, -0.2) is 4.98 Å². The van der Waals surface area contributed by atoms with Crippen molar-refractivity contribution in [3.05, 3.63) is 22.8 Å². The van der Waals surface area contributed by atoms with Crippen LogP contribution in [0, 0.1) is 0 Å². The molecule has 1 aliphatic heterocycles. The number of halogens is 1. The zero-order chi connectivity index (χ0) is 14.5. The molecule has 1 saturated heterocycles. The number of aliphatic carboxylic acids is 1. The number of morpholine rings is 1. The van der Waals surface area contributed by atoms with Crippen LogP contribution in [0.25, 0.3) is 0 Å². The fourth-order valence-electron chi connectivity index (χ4n) is 2.24. The third-order valence-electron chi connectivity index (χ3n) is 3.10. The summed E-state index contributed by atoms with van der Waals surface area (Å²) in [6.45, 7) is 2.77. The van der Waals surface area contributed by atoms with Crippen molar-refractivity contribution in [2.75, 3.05) is 44.7 Å². The minimum Gasteiger partial charge on any atom is -0.480 e. The summed E-state index contributed by atoms with van der Waals surface area (Å²) in [6, 6.07) is 3.93. The summed E-state index contributed by atoms with van der Waals surface area (Å²) in [4.78, 5) is 19.0. The highest BCUT2D eigenvalue weighted by Gasteiger charge is 2.23. The largest absolute Gasteiger partial charge is 0.480 e. The molecule has 1 aliphatic rings.